The number of amides is 1. The molecule has 0 saturated carbocycles. The molecule has 1 fully saturated rings. The van der Waals surface area contributed by atoms with Crippen LogP contribution in [0.4, 0.5) is 4.39 Å². The van der Waals surface area contributed by atoms with Gasteiger partial charge in [-0.1, -0.05) is 0 Å². The van der Waals surface area contributed by atoms with Crippen LogP contribution in [0.15, 0.2) is 22.7 Å². The minimum atomic E-state index is -0.364. The summed E-state index contributed by atoms with van der Waals surface area (Å²) in [5.74, 6) is -0.534. The summed E-state index contributed by atoms with van der Waals surface area (Å²) in [5.41, 5.74) is 0.466. The van der Waals surface area contributed by atoms with Crippen molar-refractivity contribution in [1.29, 1.82) is 0 Å². The van der Waals surface area contributed by atoms with Crippen molar-refractivity contribution in [3.8, 4) is 0 Å². The van der Waals surface area contributed by atoms with Crippen LogP contribution < -0.4 is 10.6 Å². The number of rotatable bonds is 4. The highest BCUT2D eigenvalue weighted by atomic mass is 79.9. The molecule has 1 aromatic rings. The molecule has 1 aliphatic heterocycles. The quantitative estimate of drug-likeness (QED) is 0.873. The monoisotopic (exact) mass is 329 g/mol. The first kappa shape index (κ1) is 14.4. The number of benzene rings is 1. The molecule has 1 heterocycles. The van der Waals surface area contributed by atoms with Gasteiger partial charge in [-0.25, -0.2) is 4.39 Å². The van der Waals surface area contributed by atoms with Crippen molar-refractivity contribution in [2.24, 2.45) is 0 Å². The largest absolute Gasteiger partial charge is 0.351 e. The summed E-state index contributed by atoms with van der Waals surface area (Å²) >= 11 is 3.07. The summed E-state index contributed by atoms with van der Waals surface area (Å²) in [6.07, 6.45) is 0. The van der Waals surface area contributed by atoms with Crippen molar-refractivity contribution in [2.45, 2.75) is 0 Å². The molecule has 1 amide bonds. The minimum absolute atomic E-state index is 0.171. The maximum absolute atomic E-state index is 13.1. The number of nitrogens with zero attached hydrogens (tertiary/aromatic N) is 1. The average Bonchev–Trinajstić information content (AvgIpc) is 2.43. The Labute approximate surface area is 120 Å². The van der Waals surface area contributed by atoms with Crippen LogP contribution in [0.25, 0.3) is 0 Å². The molecule has 0 bridgehead atoms. The van der Waals surface area contributed by atoms with E-state index in [-0.39, 0.29) is 11.7 Å². The summed E-state index contributed by atoms with van der Waals surface area (Å²) < 4.78 is 13.4. The Balaban J connectivity index is 1.78. The van der Waals surface area contributed by atoms with Crippen LogP contribution in [0.5, 0.6) is 0 Å². The molecule has 0 unspecified atom stereocenters. The third-order valence-electron chi connectivity index (χ3n) is 3.10. The highest BCUT2D eigenvalue weighted by molar-refractivity contribution is 9.10. The molecule has 0 atom stereocenters. The number of piperazine rings is 1. The van der Waals surface area contributed by atoms with Gasteiger partial charge in [0, 0.05) is 44.8 Å². The molecule has 0 aromatic heterocycles. The van der Waals surface area contributed by atoms with E-state index in [1.165, 1.54) is 18.2 Å². The summed E-state index contributed by atoms with van der Waals surface area (Å²) in [7, 11) is 0. The zero-order chi connectivity index (χ0) is 13.7. The van der Waals surface area contributed by atoms with Crippen LogP contribution in [0.3, 0.4) is 0 Å². The zero-order valence-electron chi connectivity index (χ0n) is 10.6. The Morgan fingerprint density at radius 3 is 2.84 bits per heavy atom. The van der Waals surface area contributed by atoms with Crippen molar-refractivity contribution in [3.05, 3.63) is 34.1 Å². The topological polar surface area (TPSA) is 44.4 Å². The maximum Gasteiger partial charge on any atom is 0.251 e. The first-order valence-electron chi connectivity index (χ1n) is 6.33. The molecule has 1 saturated heterocycles. The van der Waals surface area contributed by atoms with Gasteiger partial charge in [0.25, 0.3) is 5.91 Å². The van der Waals surface area contributed by atoms with Crippen LogP contribution in [0, 0.1) is 5.82 Å². The van der Waals surface area contributed by atoms with Gasteiger partial charge in [-0.3, -0.25) is 9.69 Å². The molecule has 6 heteroatoms. The Bertz CT molecular complexity index is 450. The maximum atomic E-state index is 13.1. The molecular weight excluding hydrogens is 313 g/mol. The minimum Gasteiger partial charge on any atom is -0.351 e. The van der Waals surface area contributed by atoms with Gasteiger partial charge in [0.05, 0.1) is 4.47 Å². The SMILES string of the molecule is O=C(NCCN1CCNCC1)c1ccc(F)c(Br)c1. The molecule has 0 radical (unpaired) electrons. The lowest BCUT2D eigenvalue weighted by atomic mass is 10.2. The predicted octanol–water partition coefficient (Wildman–Crippen LogP) is 1.22. The zero-order valence-corrected chi connectivity index (χ0v) is 12.2. The average molecular weight is 330 g/mol. The van der Waals surface area contributed by atoms with E-state index in [0.29, 0.717) is 16.6 Å². The lowest BCUT2D eigenvalue weighted by Gasteiger charge is -2.27. The molecule has 2 rings (SSSR count). The van der Waals surface area contributed by atoms with E-state index in [1.807, 2.05) is 0 Å². The lowest BCUT2D eigenvalue weighted by molar-refractivity contribution is 0.0947. The van der Waals surface area contributed by atoms with Gasteiger partial charge in [0.2, 0.25) is 0 Å². The van der Waals surface area contributed by atoms with Gasteiger partial charge in [0.15, 0.2) is 0 Å². The number of nitrogens with one attached hydrogen (secondary N) is 2. The Morgan fingerprint density at radius 2 is 2.16 bits per heavy atom. The fraction of sp³-hybridized carbons (Fsp3) is 0.462. The fourth-order valence-corrected chi connectivity index (χ4v) is 2.38. The van der Waals surface area contributed by atoms with Gasteiger partial charge in [-0.15, -0.1) is 0 Å². The van der Waals surface area contributed by atoms with Crippen LogP contribution in [0.2, 0.25) is 0 Å². The number of halogens is 2. The van der Waals surface area contributed by atoms with E-state index in [9.17, 15) is 9.18 Å². The van der Waals surface area contributed by atoms with Gasteiger partial charge in [-0.05, 0) is 34.1 Å². The van der Waals surface area contributed by atoms with E-state index in [0.717, 1.165) is 32.7 Å². The lowest BCUT2D eigenvalue weighted by Crippen LogP contribution is -2.46. The van der Waals surface area contributed by atoms with Gasteiger partial charge in [0.1, 0.15) is 5.82 Å². The molecule has 2 N–H and O–H groups in total. The molecule has 0 spiro atoms. The predicted molar refractivity (Wildman–Crippen MR) is 75.7 cm³/mol. The van der Waals surface area contributed by atoms with Crippen LogP contribution >= 0.6 is 15.9 Å². The highest BCUT2D eigenvalue weighted by Crippen LogP contribution is 2.16. The Kier molecular flexibility index (Phi) is 5.30. The van der Waals surface area contributed by atoms with E-state index in [2.05, 4.69) is 31.5 Å². The van der Waals surface area contributed by atoms with Crippen molar-refractivity contribution in [3.63, 3.8) is 0 Å². The smallest absolute Gasteiger partial charge is 0.251 e. The van der Waals surface area contributed by atoms with Crippen LogP contribution in [0.1, 0.15) is 10.4 Å². The third-order valence-corrected chi connectivity index (χ3v) is 3.71. The molecule has 104 valence electrons. The second-order valence-electron chi connectivity index (χ2n) is 4.48. The summed E-state index contributed by atoms with van der Waals surface area (Å²) in [6.45, 7) is 5.47. The van der Waals surface area contributed by atoms with Gasteiger partial charge in [-0.2, -0.15) is 0 Å². The first-order chi connectivity index (χ1) is 9.16. The second-order valence-corrected chi connectivity index (χ2v) is 5.33. The molecule has 1 aromatic carbocycles. The highest BCUT2D eigenvalue weighted by Gasteiger charge is 2.11. The molecule has 4 nitrogen and oxygen atoms in total. The number of hydrogen-bond donors (Lipinski definition) is 2. The number of carbonyl (C=O) groups is 1. The second kappa shape index (κ2) is 6.98. The van der Waals surface area contributed by atoms with Crippen molar-refractivity contribution in [1.82, 2.24) is 15.5 Å². The van der Waals surface area contributed by atoms with Crippen LogP contribution in [-0.4, -0.2) is 50.1 Å². The standard InChI is InChI=1S/C13H17BrFN3O/c14-11-9-10(1-2-12(11)15)13(19)17-5-8-18-6-3-16-4-7-18/h1-2,9,16H,3-8H2,(H,17,19). The Hall–Kier alpha value is -0.980. The third kappa shape index (κ3) is 4.26. The van der Waals surface area contributed by atoms with E-state index >= 15 is 0 Å². The van der Waals surface area contributed by atoms with E-state index < -0.39 is 0 Å². The Morgan fingerprint density at radius 1 is 1.42 bits per heavy atom. The van der Waals surface area contributed by atoms with E-state index in [4.69, 9.17) is 0 Å². The fourth-order valence-electron chi connectivity index (χ4n) is 2.00. The molecular formula is C13H17BrFN3O. The summed E-state index contributed by atoms with van der Waals surface area (Å²) in [4.78, 5) is 14.2. The van der Waals surface area contributed by atoms with Gasteiger partial charge >= 0.3 is 0 Å². The molecule has 1 aliphatic rings. The van der Waals surface area contributed by atoms with Gasteiger partial charge < -0.3 is 10.6 Å². The molecule has 0 aliphatic carbocycles. The summed E-state index contributed by atoms with van der Waals surface area (Å²) in [5, 5.41) is 6.13. The van der Waals surface area contributed by atoms with Crippen molar-refractivity contribution < 1.29 is 9.18 Å². The summed E-state index contributed by atoms with van der Waals surface area (Å²) in [6, 6.07) is 4.27. The molecule has 19 heavy (non-hydrogen) atoms. The normalized spacial score (nSPS) is 16.3. The van der Waals surface area contributed by atoms with E-state index in [1.54, 1.807) is 0 Å². The number of hydrogen-bond acceptors (Lipinski definition) is 3. The van der Waals surface area contributed by atoms with Crippen molar-refractivity contribution >= 4 is 21.8 Å². The van der Waals surface area contributed by atoms with Crippen molar-refractivity contribution in [2.75, 3.05) is 39.3 Å². The number of carbonyl (C=O) groups excluding carboxylic acids is 1. The first-order valence-corrected chi connectivity index (χ1v) is 7.12. The van der Waals surface area contributed by atoms with Crippen LogP contribution in [-0.2, 0) is 0 Å².